The van der Waals surface area contributed by atoms with Crippen LogP contribution in [0, 0.1) is 0 Å². The predicted molar refractivity (Wildman–Crippen MR) is 61.3 cm³/mol. The molecule has 1 aromatic carbocycles. The van der Waals surface area contributed by atoms with Crippen molar-refractivity contribution >= 4 is 5.91 Å². The minimum atomic E-state index is -4.80. The molecule has 1 amide bonds. The van der Waals surface area contributed by atoms with Gasteiger partial charge >= 0.3 is 12.1 Å². The fourth-order valence-electron chi connectivity index (χ4n) is 1.15. The lowest BCUT2D eigenvalue weighted by molar-refractivity contribution is -0.277. The Hall–Kier alpha value is -1.64. The highest BCUT2D eigenvalue weighted by Crippen LogP contribution is 2.18. The molecule has 0 bridgehead atoms. The number of carbonyl (C=O) groups is 1. The fraction of sp³-hybridized carbons (Fsp3) is 0.364. The third kappa shape index (κ3) is 7.39. The van der Waals surface area contributed by atoms with Gasteiger partial charge in [0.1, 0.15) is 0 Å². The summed E-state index contributed by atoms with van der Waals surface area (Å²) in [6.45, 7) is -0.0425. The average Bonchev–Trinajstić information content (AvgIpc) is 2.38. The van der Waals surface area contributed by atoms with E-state index in [2.05, 4.69) is 15.8 Å². The van der Waals surface area contributed by atoms with Gasteiger partial charge < -0.3 is 4.90 Å². The zero-order valence-electron chi connectivity index (χ0n) is 10.5. The Balaban J connectivity index is 0.000000711. The molecule has 0 fully saturated rings. The molecule has 0 aliphatic heterocycles. The summed E-state index contributed by atoms with van der Waals surface area (Å²) in [5, 5.41) is 0. The third-order valence-corrected chi connectivity index (χ3v) is 1.95. The van der Waals surface area contributed by atoms with E-state index in [0.29, 0.717) is 10.5 Å². The first-order valence-corrected chi connectivity index (χ1v) is 5.08. The number of amides is 1. The van der Waals surface area contributed by atoms with E-state index in [1.54, 1.807) is 30.3 Å². The second kappa shape index (κ2) is 8.46. The Kier molecular flexibility index (Phi) is 7.73. The van der Waals surface area contributed by atoms with Crippen molar-refractivity contribution in [1.29, 1.82) is 0 Å². The maximum Gasteiger partial charge on any atom is 0.471 e. The van der Waals surface area contributed by atoms with E-state index in [4.69, 9.17) is 0 Å². The first kappa shape index (κ1) is 17.4. The second-order valence-electron chi connectivity index (χ2n) is 3.41. The highest BCUT2D eigenvalue weighted by molar-refractivity contribution is 5.81. The average molecular weight is 280 g/mol. The lowest BCUT2D eigenvalue weighted by Crippen LogP contribution is -2.37. The Bertz CT molecular complexity index is 369. The number of nitrogens with zero attached hydrogens (tertiary/aromatic N) is 1. The number of alkyl halides is 3. The number of nitrogens with two attached hydrogens (primary N) is 1. The van der Waals surface area contributed by atoms with Crippen molar-refractivity contribution in [2.45, 2.75) is 12.7 Å². The minimum absolute atomic E-state index is 0.0425. The SMILES string of the molecule is CN(Cc1ccccc1)C(=O)C(F)(F)F.COON. The molecular weight excluding hydrogens is 265 g/mol. The molecule has 0 atom stereocenters. The van der Waals surface area contributed by atoms with E-state index in [-0.39, 0.29) is 6.54 Å². The first-order chi connectivity index (χ1) is 8.82. The highest BCUT2D eigenvalue weighted by Gasteiger charge is 2.41. The molecule has 1 aromatic rings. The largest absolute Gasteiger partial charge is 0.471 e. The van der Waals surface area contributed by atoms with Gasteiger partial charge in [-0.05, 0) is 5.56 Å². The fourth-order valence-corrected chi connectivity index (χ4v) is 1.15. The van der Waals surface area contributed by atoms with Crippen molar-refractivity contribution < 1.29 is 27.8 Å². The molecule has 0 unspecified atom stereocenters. The van der Waals surface area contributed by atoms with Gasteiger partial charge in [0.15, 0.2) is 0 Å². The van der Waals surface area contributed by atoms with Crippen LogP contribution in [-0.2, 0) is 21.2 Å². The van der Waals surface area contributed by atoms with Crippen LogP contribution in [-0.4, -0.2) is 31.1 Å². The van der Waals surface area contributed by atoms with Gasteiger partial charge in [0, 0.05) is 13.6 Å². The van der Waals surface area contributed by atoms with E-state index in [1.807, 2.05) is 0 Å². The normalized spacial score (nSPS) is 10.4. The van der Waals surface area contributed by atoms with E-state index in [9.17, 15) is 18.0 Å². The van der Waals surface area contributed by atoms with Crippen molar-refractivity contribution in [2.24, 2.45) is 5.90 Å². The van der Waals surface area contributed by atoms with Crippen molar-refractivity contribution in [3.8, 4) is 0 Å². The number of hydrogen-bond acceptors (Lipinski definition) is 4. The molecule has 0 spiro atoms. The number of rotatable bonds is 3. The van der Waals surface area contributed by atoms with E-state index < -0.39 is 12.1 Å². The number of halogens is 3. The molecule has 19 heavy (non-hydrogen) atoms. The summed E-state index contributed by atoms with van der Waals surface area (Å²) in [4.78, 5) is 18.8. The van der Waals surface area contributed by atoms with Gasteiger partial charge in [-0.15, -0.1) is 4.99 Å². The zero-order valence-corrected chi connectivity index (χ0v) is 10.5. The molecule has 5 nitrogen and oxygen atoms in total. The maximum absolute atomic E-state index is 12.0. The highest BCUT2D eigenvalue weighted by atomic mass is 19.4. The lowest BCUT2D eigenvalue weighted by atomic mass is 10.2. The molecule has 0 aliphatic carbocycles. The molecule has 0 saturated carbocycles. The van der Waals surface area contributed by atoms with Crippen molar-refractivity contribution in [1.82, 2.24) is 4.90 Å². The molecule has 0 aromatic heterocycles. The summed E-state index contributed by atoms with van der Waals surface area (Å²) >= 11 is 0. The van der Waals surface area contributed by atoms with Crippen molar-refractivity contribution in [3.05, 3.63) is 35.9 Å². The topological polar surface area (TPSA) is 64.8 Å². The van der Waals surface area contributed by atoms with Gasteiger partial charge in [-0.25, -0.2) is 4.89 Å². The van der Waals surface area contributed by atoms with Gasteiger partial charge in [-0.1, -0.05) is 30.3 Å². The van der Waals surface area contributed by atoms with Crippen LogP contribution >= 0.6 is 0 Å². The zero-order chi connectivity index (χ0) is 14.9. The quantitative estimate of drug-likeness (QED) is 0.675. The monoisotopic (exact) mass is 280 g/mol. The van der Waals surface area contributed by atoms with Crippen LogP contribution in [0.4, 0.5) is 13.2 Å². The Morgan fingerprint density at radius 3 is 2.16 bits per heavy atom. The first-order valence-electron chi connectivity index (χ1n) is 5.08. The summed E-state index contributed by atoms with van der Waals surface area (Å²) in [5.74, 6) is 2.48. The summed E-state index contributed by atoms with van der Waals surface area (Å²) in [5.41, 5.74) is 0.664. The molecule has 0 radical (unpaired) electrons. The van der Waals surface area contributed by atoms with Gasteiger partial charge in [0.2, 0.25) is 0 Å². The van der Waals surface area contributed by atoms with Crippen LogP contribution in [0.15, 0.2) is 30.3 Å². The summed E-state index contributed by atoms with van der Waals surface area (Å²) in [6.07, 6.45) is -4.80. The van der Waals surface area contributed by atoms with Gasteiger partial charge in [0.05, 0.1) is 7.11 Å². The van der Waals surface area contributed by atoms with Crippen LogP contribution in [0.25, 0.3) is 0 Å². The van der Waals surface area contributed by atoms with Crippen LogP contribution in [0.5, 0.6) is 0 Å². The Morgan fingerprint density at radius 1 is 1.32 bits per heavy atom. The minimum Gasteiger partial charge on any atom is -0.334 e. The number of hydrogen-bond donors (Lipinski definition) is 1. The second-order valence-corrected chi connectivity index (χ2v) is 3.41. The predicted octanol–water partition coefficient (Wildman–Crippen LogP) is 1.65. The molecule has 0 heterocycles. The Morgan fingerprint density at radius 2 is 1.79 bits per heavy atom. The van der Waals surface area contributed by atoms with E-state index in [0.717, 1.165) is 7.05 Å². The Labute approximate surface area is 108 Å². The lowest BCUT2D eigenvalue weighted by Gasteiger charge is -2.18. The molecule has 1 rings (SSSR count). The molecular formula is C11H15F3N2O3. The van der Waals surface area contributed by atoms with Crippen molar-refractivity contribution in [2.75, 3.05) is 14.2 Å². The molecule has 0 saturated heterocycles. The smallest absolute Gasteiger partial charge is 0.334 e. The van der Waals surface area contributed by atoms with Crippen molar-refractivity contribution in [3.63, 3.8) is 0 Å². The van der Waals surface area contributed by atoms with Crippen LogP contribution in [0.3, 0.4) is 0 Å². The van der Waals surface area contributed by atoms with Gasteiger partial charge in [0.25, 0.3) is 0 Å². The third-order valence-electron chi connectivity index (χ3n) is 1.95. The summed E-state index contributed by atoms with van der Waals surface area (Å²) in [7, 11) is 2.46. The molecule has 108 valence electrons. The van der Waals surface area contributed by atoms with Gasteiger partial charge in [-0.2, -0.15) is 19.1 Å². The summed E-state index contributed by atoms with van der Waals surface area (Å²) < 4.78 is 36.0. The number of carbonyl (C=O) groups excluding carboxylic acids is 1. The van der Waals surface area contributed by atoms with Gasteiger partial charge in [-0.3, -0.25) is 4.79 Å². The van der Waals surface area contributed by atoms with Crippen LogP contribution in [0.2, 0.25) is 0 Å². The van der Waals surface area contributed by atoms with Crippen LogP contribution in [0.1, 0.15) is 5.56 Å². The molecule has 2 N–H and O–H groups in total. The summed E-state index contributed by atoms with van der Waals surface area (Å²) in [6, 6.07) is 8.51. The van der Waals surface area contributed by atoms with E-state index >= 15 is 0 Å². The molecule has 0 aliphatic rings. The maximum atomic E-state index is 12.0. The number of benzene rings is 1. The molecule has 8 heteroatoms. The van der Waals surface area contributed by atoms with Crippen LogP contribution < -0.4 is 5.90 Å². The standard InChI is InChI=1S/C10H10F3NO.CH5NO2/c1-14(9(15)10(11,12)13)7-8-5-3-2-4-6-8;1-3-4-2/h2-6H,7H2,1H3;2H2,1H3. The van der Waals surface area contributed by atoms with E-state index in [1.165, 1.54) is 7.11 Å².